The van der Waals surface area contributed by atoms with Crippen LogP contribution in [0.15, 0.2) is 57.9 Å². The molecule has 4 nitrogen and oxygen atoms in total. The highest BCUT2D eigenvalue weighted by atomic mass is 16.5. The summed E-state index contributed by atoms with van der Waals surface area (Å²) < 4.78 is 6.08. The topological polar surface area (TPSA) is 60.4 Å². The lowest BCUT2D eigenvalue weighted by molar-refractivity contribution is -0.180. The van der Waals surface area contributed by atoms with Gasteiger partial charge in [0.25, 0.3) is 0 Å². The first-order valence-electron chi connectivity index (χ1n) is 15.0. The zero-order valence-corrected chi connectivity index (χ0v) is 27.3. The van der Waals surface area contributed by atoms with Gasteiger partial charge in [-0.2, -0.15) is 0 Å². The van der Waals surface area contributed by atoms with Crippen LogP contribution in [0.25, 0.3) is 0 Å². The van der Waals surface area contributed by atoms with Crippen LogP contribution in [-0.2, 0) is 19.1 Å². The Bertz CT molecular complexity index is 1160. The fraction of sp³-hybridized carbons (Fsp3) is 0.639. The molecule has 2 aliphatic carbocycles. The van der Waals surface area contributed by atoms with Gasteiger partial charge in [0.1, 0.15) is 5.76 Å². The van der Waals surface area contributed by atoms with Gasteiger partial charge >= 0.3 is 0 Å². The van der Waals surface area contributed by atoms with E-state index in [2.05, 4.69) is 52.8 Å². The summed E-state index contributed by atoms with van der Waals surface area (Å²) >= 11 is 0. The van der Waals surface area contributed by atoms with Crippen LogP contribution in [0.2, 0.25) is 0 Å². The van der Waals surface area contributed by atoms with Crippen molar-refractivity contribution >= 4 is 17.3 Å². The highest BCUT2D eigenvalue weighted by Crippen LogP contribution is 2.67. The number of hydrogen-bond acceptors (Lipinski definition) is 4. The fourth-order valence-electron chi connectivity index (χ4n) is 7.01. The molecule has 2 bridgehead atoms. The highest BCUT2D eigenvalue weighted by molar-refractivity contribution is 6.33. The van der Waals surface area contributed by atoms with Crippen molar-refractivity contribution in [3.63, 3.8) is 0 Å². The second kappa shape index (κ2) is 13.0. The molecule has 4 atom stereocenters. The SMILES string of the molecule is COC1=C(CC=C(C)C)C(=O)[C@]2(C(=O)C(C)C)C(=O)[C@]1(CC=C(C)C)C[C@H](CC=C(C)C)[C@@]2(C)CCC=C(C)C. The summed E-state index contributed by atoms with van der Waals surface area (Å²) in [4.78, 5) is 44.9. The molecule has 0 unspecified atom stereocenters. The van der Waals surface area contributed by atoms with E-state index in [1.807, 2.05) is 47.6 Å². The first-order chi connectivity index (χ1) is 18.5. The fourth-order valence-corrected chi connectivity index (χ4v) is 7.01. The number of rotatable bonds is 12. The van der Waals surface area contributed by atoms with E-state index in [0.717, 1.165) is 11.1 Å². The zero-order valence-electron chi connectivity index (χ0n) is 27.3. The maximum absolute atomic E-state index is 15.2. The maximum Gasteiger partial charge on any atom is 0.184 e. The zero-order chi connectivity index (χ0) is 30.6. The molecule has 0 N–H and O–H groups in total. The van der Waals surface area contributed by atoms with Crippen molar-refractivity contribution in [3.8, 4) is 0 Å². The normalized spacial score (nSPS) is 27.8. The third-order valence-corrected chi connectivity index (χ3v) is 9.15. The van der Waals surface area contributed by atoms with Gasteiger partial charge in [-0.05, 0) is 105 Å². The molecule has 0 heterocycles. The Hall–Kier alpha value is -2.49. The number of carbonyl (C=O) groups is 3. The Morgan fingerprint density at radius 1 is 0.900 bits per heavy atom. The smallest absolute Gasteiger partial charge is 0.184 e. The lowest BCUT2D eigenvalue weighted by atomic mass is 9.38. The number of methoxy groups -OCH3 is 1. The average molecular weight is 551 g/mol. The molecule has 0 aliphatic heterocycles. The van der Waals surface area contributed by atoms with Crippen molar-refractivity contribution < 1.29 is 19.1 Å². The molecule has 0 amide bonds. The first-order valence-corrected chi connectivity index (χ1v) is 15.0. The Morgan fingerprint density at radius 3 is 1.93 bits per heavy atom. The molecule has 0 saturated heterocycles. The molecule has 0 aromatic carbocycles. The predicted molar refractivity (Wildman–Crippen MR) is 166 cm³/mol. The van der Waals surface area contributed by atoms with Crippen molar-refractivity contribution in [1.29, 1.82) is 0 Å². The molecule has 0 spiro atoms. The summed E-state index contributed by atoms with van der Waals surface area (Å²) in [6.07, 6.45) is 11.8. The highest BCUT2D eigenvalue weighted by Gasteiger charge is 2.76. The number of allylic oxidation sites excluding steroid dienone is 10. The van der Waals surface area contributed by atoms with Crippen molar-refractivity contribution in [2.45, 2.75) is 115 Å². The molecule has 4 heteroatoms. The molecule has 222 valence electrons. The maximum atomic E-state index is 15.2. The van der Waals surface area contributed by atoms with E-state index in [1.54, 1.807) is 7.11 Å². The first kappa shape index (κ1) is 33.7. The van der Waals surface area contributed by atoms with Gasteiger partial charge in [-0.25, -0.2) is 0 Å². The Balaban J connectivity index is 3.14. The number of carbonyl (C=O) groups excluding carboxylic acids is 3. The largest absolute Gasteiger partial charge is 0.500 e. The van der Waals surface area contributed by atoms with Crippen molar-refractivity contribution in [2.24, 2.45) is 28.1 Å². The molecule has 2 rings (SSSR count). The van der Waals surface area contributed by atoms with Gasteiger partial charge in [0.2, 0.25) is 0 Å². The minimum absolute atomic E-state index is 0.0574. The second-order valence-corrected chi connectivity index (χ2v) is 13.6. The van der Waals surface area contributed by atoms with Crippen LogP contribution < -0.4 is 0 Å². The molecule has 1 saturated carbocycles. The molecule has 40 heavy (non-hydrogen) atoms. The summed E-state index contributed by atoms with van der Waals surface area (Å²) in [6, 6.07) is 0. The van der Waals surface area contributed by atoms with E-state index in [9.17, 15) is 4.79 Å². The molecule has 0 aromatic rings. The van der Waals surface area contributed by atoms with Crippen molar-refractivity contribution in [2.75, 3.05) is 7.11 Å². The number of fused-ring (bicyclic) bond motifs is 2. The Labute approximate surface area is 244 Å². The van der Waals surface area contributed by atoms with Gasteiger partial charge in [0.15, 0.2) is 22.8 Å². The third-order valence-electron chi connectivity index (χ3n) is 9.15. The summed E-state index contributed by atoms with van der Waals surface area (Å²) in [6.45, 7) is 22.0. The van der Waals surface area contributed by atoms with Crippen LogP contribution in [0, 0.1) is 28.1 Å². The quantitative estimate of drug-likeness (QED) is 0.180. The molecule has 1 fully saturated rings. The summed E-state index contributed by atoms with van der Waals surface area (Å²) in [5, 5.41) is 0. The monoisotopic (exact) mass is 550 g/mol. The van der Waals surface area contributed by atoms with E-state index < -0.39 is 22.2 Å². The van der Waals surface area contributed by atoms with Crippen molar-refractivity contribution in [1.82, 2.24) is 0 Å². The molecular formula is C36H54O4. The van der Waals surface area contributed by atoms with Gasteiger partial charge in [-0.3, -0.25) is 14.4 Å². The van der Waals surface area contributed by atoms with Gasteiger partial charge in [0.05, 0.1) is 12.5 Å². The van der Waals surface area contributed by atoms with E-state index in [4.69, 9.17) is 4.74 Å². The molecule has 0 radical (unpaired) electrons. The van der Waals surface area contributed by atoms with E-state index in [1.165, 1.54) is 11.1 Å². The van der Waals surface area contributed by atoms with Crippen molar-refractivity contribution in [3.05, 3.63) is 57.9 Å². The average Bonchev–Trinajstić information content (AvgIpc) is 2.84. The van der Waals surface area contributed by atoms with Crippen LogP contribution in [0.5, 0.6) is 0 Å². The summed E-state index contributed by atoms with van der Waals surface area (Å²) in [5.41, 5.74) is 1.39. The number of ether oxygens (including phenoxy) is 1. The minimum atomic E-state index is -1.75. The third kappa shape index (κ3) is 5.92. The van der Waals surface area contributed by atoms with Crippen LogP contribution >= 0.6 is 0 Å². The lowest BCUT2D eigenvalue weighted by Crippen LogP contribution is -2.71. The predicted octanol–water partition coefficient (Wildman–Crippen LogP) is 9.08. The summed E-state index contributed by atoms with van der Waals surface area (Å²) in [7, 11) is 1.58. The number of hydrogen-bond donors (Lipinski definition) is 0. The minimum Gasteiger partial charge on any atom is -0.500 e. The van der Waals surface area contributed by atoms with Gasteiger partial charge in [-0.15, -0.1) is 0 Å². The van der Waals surface area contributed by atoms with Crippen LogP contribution in [-0.4, -0.2) is 24.5 Å². The number of Topliss-reactive ketones (excluding diaryl/α,β-unsaturated/α-hetero) is 3. The Morgan fingerprint density at radius 2 is 1.45 bits per heavy atom. The summed E-state index contributed by atoms with van der Waals surface area (Å²) in [5.74, 6) is -0.869. The Kier molecular flexibility index (Phi) is 11.0. The van der Waals surface area contributed by atoms with Gasteiger partial charge in [0, 0.05) is 11.5 Å². The van der Waals surface area contributed by atoms with E-state index in [0.29, 0.717) is 49.9 Å². The second-order valence-electron chi connectivity index (χ2n) is 13.6. The van der Waals surface area contributed by atoms with Gasteiger partial charge in [-0.1, -0.05) is 67.4 Å². The standard InChI is InChI=1S/C36H54O4/c1-23(2)14-13-20-34(11)28(17-15-24(3)4)22-35(21-19-26(7)8)32(40-12)29(18-16-25(5)6)31(38)36(34,33(35)39)30(37)27(9)10/h14-16,19,27-28H,13,17-18,20-22H2,1-12H3/t28-,34+,35+,36+/m0/s1. The van der Waals surface area contributed by atoms with Crippen LogP contribution in [0.3, 0.4) is 0 Å². The lowest BCUT2D eigenvalue weighted by Gasteiger charge is -2.61. The molecular weight excluding hydrogens is 496 g/mol. The number of ketones is 3. The molecule has 0 aromatic heterocycles. The van der Waals surface area contributed by atoms with Crippen LogP contribution in [0.1, 0.15) is 115 Å². The van der Waals surface area contributed by atoms with Crippen LogP contribution in [0.4, 0.5) is 0 Å². The van der Waals surface area contributed by atoms with E-state index >= 15 is 9.59 Å². The molecule has 2 aliphatic rings. The van der Waals surface area contributed by atoms with Gasteiger partial charge < -0.3 is 4.74 Å². The van der Waals surface area contributed by atoms with E-state index in [-0.39, 0.29) is 23.3 Å².